The minimum Gasteiger partial charge on any atom is -0.470 e. The molecular weight excluding hydrogens is 328 g/mol. The third-order valence-electron chi connectivity index (χ3n) is 3.92. The Morgan fingerprint density at radius 1 is 1.12 bits per heavy atom. The van der Waals surface area contributed by atoms with Crippen LogP contribution in [0.5, 0.6) is 0 Å². The van der Waals surface area contributed by atoms with Crippen molar-refractivity contribution >= 4 is 5.97 Å². The Morgan fingerprint density at radius 3 is 2.24 bits per heavy atom. The minimum absolute atomic E-state index is 0.454. The smallest absolute Gasteiger partial charge is 0.337 e. The van der Waals surface area contributed by atoms with E-state index in [1.54, 1.807) is 13.0 Å². The molecule has 1 fully saturated rings. The van der Waals surface area contributed by atoms with Crippen molar-refractivity contribution in [2.45, 2.75) is 77.2 Å². The second-order valence-electron chi connectivity index (χ2n) is 5.92. The zero-order valence-electron chi connectivity index (χ0n) is 15.7. The van der Waals surface area contributed by atoms with Gasteiger partial charge >= 0.3 is 5.97 Å². The first-order valence-electron chi connectivity index (χ1n) is 9.01. The largest absolute Gasteiger partial charge is 0.470 e. The molecule has 146 valence electrons. The Balaban J connectivity index is 2.96. The van der Waals surface area contributed by atoms with Gasteiger partial charge in [-0.2, -0.15) is 0 Å². The fourth-order valence-corrected chi connectivity index (χ4v) is 2.49. The lowest BCUT2D eigenvalue weighted by Gasteiger charge is -2.42. The van der Waals surface area contributed by atoms with Crippen molar-refractivity contribution < 1.29 is 33.6 Å². The predicted octanol–water partition coefficient (Wildman–Crippen LogP) is 2.17. The SMILES string of the molecule is C/C=C/O[C@@H]1OC(C(=O)OC)[C@@H](O)[C@H](OCCCC)C1OCCCC. The summed E-state index contributed by atoms with van der Waals surface area (Å²) < 4.78 is 27.7. The van der Waals surface area contributed by atoms with Gasteiger partial charge in [-0.25, -0.2) is 4.79 Å². The number of aliphatic hydroxyl groups is 1. The summed E-state index contributed by atoms with van der Waals surface area (Å²) in [5.41, 5.74) is 0. The number of allylic oxidation sites excluding steroid dienone is 1. The molecule has 1 saturated heterocycles. The normalized spacial score (nSPS) is 29.7. The molecule has 0 aromatic rings. The molecule has 0 bridgehead atoms. The zero-order valence-corrected chi connectivity index (χ0v) is 15.7. The van der Waals surface area contributed by atoms with Crippen molar-refractivity contribution in [1.29, 1.82) is 0 Å². The van der Waals surface area contributed by atoms with Gasteiger partial charge in [-0.3, -0.25) is 0 Å². The third-order valence-corrected chi connectivity index (χ3v) is 3.92. The average Bonchev–Trinajstić information content (AvgIpc) is 2.62. The van der Waals surface area contributed by atoms with E-state index in [0.29, 0.717) is 13.2 Å². The lowest BCUT2D eigenvalue weighted by Crippen LogP contribution is -2.62. The van der Waals surface area contributed by atoms with Gasteiger partial charge in [-0.05, 0) is 19.8 Å². The maximum atomic E-state index is 12.0. The molecule has 1 N–H and O–H groups in total. The molecule has 1 rings (SSSR count). The van der Waals surface area contributed by atoms with Crippen molar-refractivity contribution in [2.24, 2.45) is 0 Å². The maximum absolute atomic E-state index is 12.0. The summed E-state index contributed by atoms with van der Waals surface area (Å²) in [6.45, 7) is 6.86. The second-order valence-corrected chi connectivity index (χ2v) is 5.92. The van der Waals surface area contributed by atoms with Crippen LogP contribution in [0.15, 0.2) is 12.3 Å². The molecule has 0 aliphatic carbocycles. The number of aliphatic hydroxyl groups excluding tert-OH is 1. The first-order valence-corrected chi connectivity index (χ1v) is 9.01. The molecule has 1 heterocycles. The highest BCUT2D eigenvalue weighted by molar-refractivity contribution is 5.75. The summed E-state index contributed by atoms with van der Waals surface area (Å²) in [7, 11) is 1.25. The molecule has 0 spiro atoms. The average molecular weight is 360 g/mol. The summed E-state index contributed by atoms with van der Waals surface area (Å²) in [5, 5.41) is 10.6. The molecule has 0 aromatic carbocycles. The number of hydrogen-bond donors (Lipinski definition) is 1. The van der Waals surface area contributed by atoms with Crippen LogP contribution in [0.3, 0.4) is 0 Å². The van der Waals surface area contributed by atoms with Crippen molar-refractivity contribution in [3.05, 3.63) is 12.3 Å². The van der Waals surface area contributed by atoms with Gasteiger partial charge in [0.25, 0.3) is 0 Å². The molecule has 0 saturated carbocycles. The third kappa shape index (κ3) is 6.58. The molecule has 0 radical (unpaired) electrons. The number of rotatable bonds is 11. The number of esters is 1. The fraction of sp³-hybridized carbons (Fsp3) is 0.833. The molecule has 7 heteroatoms. The summed E-state index contributed by atoms with van der Waals surface area (Å²) >= 11 is 0. The molecule has 5 atom stereocenters. The van der Waals surface area contributed by atoms with Crippen LogP contribution in [0.1, 0.15) is 46.5 Å². The van der Waals surface area contributed by atoms with Gasteiger partial charge in [0.2, 0.25) is 6.29 Å². The van der Waals surface area contributed by atoms with E-state index in [1.165, 1.54) is 13.4 Å². The molecule has 7 nitrogen and oxygen atoms in total. The Kier molecular flexibility index (Phi) is 10.7. The quantitative estimate of drug-likeness (QED) is 0.343. The Labute approximate surface area is 150 Å². The molecular formula is C18H32O7. The Hall–Kier alpha value is -1.15. The first kappa shape index (κ1) is 21.9. The Morgan fingerprint density at radius 2 is 1.72 bits per heavy atom. The summed E-state index contributed by atoms with van der Waals surface area (Å²) in [6.07, 6.45) is 2.19. The van der Waals surface area contributed by atoms with Crippen molar-refractivity contribution in [1.82, 2.24) is 0 Å². The van der Waals surface area contributed by atoms with Gasteiger partial charge in [0, 0.05) is 13.2 Å². The van der Waals surface area contributed by atoms with Gasteiger partial charge in [0.15, 0.2) is 6.10 Å². The lowest BCUT2D eigenvalue weighted by atomic mass is 9.98. The zero-order chi connectivity index (χ0) is 18.7. The fourth-order valence-electron chi connectivity index (χ4n) is 2.49. The summed E-state index contributed by atoms with van der Waals surface area (Å²) in [5.74, 6) is -0.669. The molecule has 0 aromatic heterocycles. The van der Waals surface area contributed by atoms with Gasteiger partial charge in [0.05, 0.1) is 13.4 Å². The van der Waals surface area contributed by atoms with Crippen LogP contribution in [-0.4, -0.2) is 62.1 Å². The summed E-state index contributed by atoms with van der Waals surface area (Å²) in [4.78, 5) is 12.0. The highest BCUT2D eigenvalue weighted by Crippen LogP contribution is 2.28. The van der Waals surface area contributed by atoms with Crippen LogP contribution in [-0.2, 0) is 28.5 Å². The standard InChI is InChI=1S/C18H32O7/c1-5-8-11-22-14-13(19)15(17(20)21-4)25-18(24-10-7-3)16(14)23-12-9-6-2/h7,10,13-16,18-19H,5-6,8-9,11-12H2,1-4H3/b10-7+/t13-,14-,15?,16?,18+/m0/s1. The lowest BCUT2D eigenvalue weighted by molar-refractivity contribution is -0.298. The molecule has 2 unspecified atom stereocenters. The molecule has 1 aliphatic rings. The van der Waals surface area contributed by atoms with E-state index < -0.39 is 36.7 Å². The van der Waals surface area contributed by atoms with Gasteiger partial charge < -0.3 is 28.8 Å². The number of carbonyl (C=O) groups is 1. The van der Waals surface area contributed by atoms with E-state index >= 15 is 0 Å². The van der Waals surface area contributed by atoms with E-state index in [4.69, 9.17) is 23.7 Å². The van der Waals surface area contributed by atoms with Crippen LogP contribution in [0.2, 0.25) is 0 Å². The van der Waals surface area contributed by atoms with Crippen LogP contribution in [0.25, 0.3) is 0 Å². The van der Waals surface area contributed by atoms with E-state index in [0.717, 1.165) is 25.7 Å². The van der Waals surface area contributed by atoms with E-state index in [2.05, 4.69) is 6.92 Å². The van der Waals surface area contributed by atoms with E-state index in [9.17, 15) is 9.90 Å². The Bertz CT molecular complexity index is 399. The minimum atomic E-state index is -1.19. The monoisotopic (exact) mass is 360 g/mol. The second kappa shape index (κ2) is 12.2. The molecule has 1 aliphatic heterocycles. The van der Waals surface area contributed by atoms with Crippen molar-refractivity contribution in [2.75, 3.05) is 20.3 Å². The number of methoxy groups -OCH3 is 1. The van der Waals surface area contributed by atoms with Crippen LogP contribution >= 0.6 is 0 Å². The maximum Gasteiger partial charge on any atom is 0.337 e. The highest BCUT2D eigenvalue weighted by Gasteiger charge is 2.50. The van der Waals surface area contributed by atoms with Crippen LogP contribution < -0.4 is 0 Å². The molecule has 25 heavy (non-hydrogen) atoms. The molecule has 0 amide bonds. The van der Waals surface area contributed by atoms with Gasteiger partial charge in [-0.1, -0.05) is 32.8 Å². The van der Waals surface area contributed by atoms with Crippen LogP contribution in [0, 0.1) is 0 Å². The predicted molar refractivity (Wildman–Crippen MR) is 91.9 cm³/mol. The highest BCUT2D eigenvalue weighted by atomic mass is 16.7. The van der Waals surface area contributed by atoms with Crippen molar-refractivity contribution in [3.63, 3.8) is 0 Å². The van der Waals surface area contributed by atoms with E-state index in [1.807, 2.05) is 6.92 Å². The van der Waals surface area contributed by atoms with E-state index in [-0.39, 0.29) is 0 Å². The topological polar surface area (TPSA) is 83.5 Å². The van der Waals surface area contributed by atoms with Gasteiger partial charge in [-0.15, -0.1) is 0 Å². The van der Waals surface area contributed by atoms with Gasteiger partial charge in [0.1, 0.15) is 18.3 Å². The van der Waals surface area contributed by atoms with Crippen LogP contribution in [0.4, 0.5) is 0 Å². The number of hydrogen-bond acceptors (Lipinski definition) is 7. The number of carbonyl (C=O) groups excluding carboxylic acids is 1. The summed E-state index contributed by atoms with van der Waals surface area (Å²) in [6, 6.07) is 0. The first-order chi connectivity index (χ1) is 12.1. The number of unbranched alkanes of at least 4 members (excludes halogenated alkanes) is 2. The number of ether oxygens (including phenoxy) is 5. The van der Waals surface area contributed by atoms with Crippen molar-refractivity contribution in [3.8, 4) is 0 Å².